The van der Waals surface area contributed by atoms with Gasteiger partial charge in [-0.2, -0.15) is 4.68 Å². The SMILES string of the molecule is COc1cc(-n2nnnc2SCC(=O)O)c(Br)cc1Br. The van der Waals surface area contributed by atoms with Crippen LogP contribution in [0.25, 0.3) is 5.69 Å². The van der Waals surface area contributed by atoms with Gasteiger partial charge in [0.05, 0.1) is 23.0 Å². The van der Waals surface area contributed by atoms with Crippen LogP contribution < -0.4 is 4.74 Å². The maximum absolute atomic E-state index is 10.6. The first-order valence-corrected chi connectivity index (χ1v) is 7.76. The van der Waals surface area contributed by atoms with Gasteiger partial charge in [0.25, 0.3) is 0 Å². The number of carboxylic acid groups (broad SMARTS) is 1. The molecule has 10 heteroatoms. The Bertz CT molecular complexity index is 649. The molecule has 1 aromatic heterocycles. The van der Waals surface area contributed by atoms with Gasteiger partial charge in [0, 0.05) is 10.5 Å². The van der Waals surface area contributed by atoms with Crippen molar-refractivity contribution >= 4 is 49.6 Å². The molecule has 0 fully saturated rings. The second-order valence-corrected chi connectivity index (χ2v) is 6.15. The van der Waals surface area contributed by atoms with E-state index < -0.39 is 5.97 Å². The summed E-state index contributed by atoms with van der Waals surface area (Å²) in [5.41, 5.74) is 0.655. The molecule has 106 valence electrons. The molecule has 0 bridgehead atoms. The van der Waals surface area contributed by atoms with E-state index in [2.05, 4.69) is 47.4 Å². The van der Waals surface area contributed by atoms with Gasteiger partial charge < -0.3 is 9.84 Å². The van der Waals surface area contributed by atoms with Gasteiger partial charge in [-0.15, -0.1) is 5.10 Å². The Balaban J connectivity index is 2.41. The van der Waals surface area contributed by atoms with Gasteiger partial charge in [0.15, 0.2) is 0 Å². The summed E-state index contributed by atoms with van der Waals surface area (Å²) in [7, 11) is 1.55. The van der Waals surface area contributed by atoms with Crippen molar-refractivity contribution in [2.45, 2.75) is 5.16 Å². The summed E-state index contributed by atoms with van der Waals surface area (Å²) in [6.45, 7) is 0. The molecule has 0 amide bonds. The van der Waals surface area contributed by atoms with Crippen molar-refractivity contribution in [3.05, 3.63) is 21.1 Å². The minimum atomic E-state index is -0.933. The van der Waals surface area contributed by atoms with E-state index in [1.807, 2.05) is 6.07 Å². The number of aliphatic carboxylic acids is 1. The lowest BCUT2D eigenvalue weighted by Crippen LogP contribution is -2.04. The molecule has 0 unspecified atom stereocenters. The molecule has 0 saturated heterocycles. The van der Waals surface area contributed by atoms with E-state index in [1.54, 1.807) is 13.2 Å². The number of nitrogens with zero attached hydrogens (tertiary/aromatic N) is 4. The van der Waals surface area contributed by atoms with E-state index in [1.165, 1.54) is 4.68 Å². The third kappa shape index (κ3) is 3.30. The fourth-order valence-corrected chi connectivity index (χ4v) is 3.31. The molecule has 2 rings (SSSR count). The standard InChI is InChI=1S/C10H8Br2N4O3S/c1-19-8-3-7(5(11)2-6(8)12)16-10(13-14-15-16)20-4-9(17)18/h2-3H,4H2,1H3,(H,17,18). The number of hydrogen-bond acceptors (Lipinski definition) is 6. The summed E-state index contributed by atoms with van der Waals surface area (Å²) in [6.07, 6.45) is 0. The van der Waals surface area contributed by atoms with Gasteiger partial charge in [-0.3, -0.25) is 4.79 Å². The zero-order valence-corrected chi connectivity index (χ0v) is 14.1. The average Bonchev–Trinajstić information content (AvgIpc) is 2.84. The zero-order valence-electron chi connectivity index (χ0n) is 10.1. The molecule has 0 spiro atoms. The van der Waals surface area contributed by atoms with Gasteiger partial charge in [-0.25, -0.2) is 0 Å². The number of halogens is 2. The Labute approximate surface area is 134 Å². The van der Waals surface area contributed by atoms with Gasteiger partial charge in [0.2, 0.25) is 5.16 Å². The van der Waals surface area contributed by atoms with Crippen LogP contribution in [0, 0.1) is 0 Å². The maximum Gasteiger partial charge on any atom is 0.313 e. The zero-order chi connectivity index (χ0) is 14.7. The monoisotopic (exact) mass is 422 g/mol. The Hall–Kier alpha value is -1.13. The fourth-order valence-electron chi connectivity index (χ4n) is 1.38. The molecule has 0 radical (unpaired) electrons. The number of ether oxygens (including phenoxy) is 1. The van der Waals surface area contributed by atoms with E-state index in [9.17, 15) is 4.79 Å². The highest BCUT2D eigenvalue weighted by atomic mass is 79.9. The Morgan fingerprint density at radius 3 is 2.85 bits per heavy atom. The van der Waals surface area contributed by atoms with Gasteiger partial charge in [-0.05, 0) is 48.4 Å². The minimum absolute atomic E-state index is 0.119. The smallest absolute Gasteiger partial charge is 0.313 e. The molecule has 0 aliphatic carbocycles. The molecule has 1 aromatic carbocycles. The summed E-state index contributed by atoms with van der Waals surface area (Å²) in [4.78, 5) is 10.6. The lowest BCUT2D eigenvalue weighted by molar-refractivity contribution is -0.133. The van der Waals surface area contributed by atoms with E-state index in [0.717, 1.165) is 20.7 Å². The van der Waals surface area contributed by atoms with Crippen LogP contribution in [-0.4, -0.2) is 44.1 Å². The molecule has 2 aromatic rings. The quantitative estimate of drug-likeness (QED) is 0.738. The average molecular weight is 424 g/mol. The molecule has 0 aliphatic heterocycles. The number of aromatic nitrogens is 4. The van der Waals surface area contributed by atoms with Gasteiger partial charge in [-0.1, -0.05) is 11.8 Å². The summed E-state index contributed by atoms with van der Waals surface area (Å²) >= 11 is 7.83. The van der Waals surface area contributed by atoms with E-state index in [0.29, 0.717) is 16.6 Å². The third-order valence-electron chi connectivity index (χ3n) is 2.22. The van der Waals surface area contributed by atoms with Gasteiger partial charge in [0.1, 0.15) is 5.75 Å². The molecule has 20 heavy (non-hydrogen) atoms. The molecule has 0 aliphatic rings. The molecule has 1 N–H and O–H groups in total. The van der Waals surface area contributed by atoms with Crippen molar-refractivity contribution in [3.8, 4) is 11.4 Å². The van der Waals surface area contributed by atoms with Crippen LogP contribution in [0.2, 0.25) is 0 Å². The van der Waals surface area contributed by atoms with E-state index in [-0.39, 0.29) is 5.75 Å². The van der Waals surface area contributed by atoms with Crippen LogP contribution in [0.15, 0.2) is 26.2 Å². The summed E-state index contributed by atoms with van der Waals surface area (Å²) < 4.78 is 8.20. The number of rotatable bonds is 5. The largest absolute Gasteiger partial charge is 0.495 e. The predicted octanol–water partition coefficient (Wildman–Crippen LogP) is 2.37. The fraction of sp³-hybridized carbons (Fsp3) is 0.200. The van der Waals surface area contributed by atoms with Crippen molar-refractivity contribution in [2.75, 3.05) is 12.9 Å². The van der Waals surface area contributed by atoms with Crippen molar-refractivity contribution in [1.82, 2.24) is 20.2 Å². The van der Waals surface area contributed by atoms with Crippen molar-refractivity contribution in [1.29, 1.82) is 0 Å². The van der Waals surface area contributed by atoms with Crippen LogP contribution in [-0.2, 0) is 4.79 Å². The van der Waals surface area contributed by atoms with Crippen LogP contribution in [0.1, 0.15) is 0 Å². The molecular formula is C10H8Br2N4O3S. The lowest BCUT2D eigenvalue weighted by Gasteiger charge is -2.10. The minimum Gasteiger partial charge on any atom is -0.495 e. The lowest BCUT2D eigenvalue weighted by atomic mass is 10.3. The number of carboxylic acids is 1. The summed E-state index contributed by atoms with van der Waals surface area (Å²) in [6, 6.07) is 3.55. The van der Waals surface area contributed by atoms with Crippen molar-refractivity contribution in [3.63, 3.8) is 0 Å². The number of carbonyl (C=O) groups is 1. The summed E-state index contributed by atoms with van der Waals surface area (Å²) in [5, 5.41) is 20.4. The Kier molecular flexibility index (Phi) is 5.00. The Morgan fingerprint density at radius 2 is 2.20 bits per heavy atom. The van der Waals surface area contributed by atoms with E-state index in [4.69, 9.17) is 9.84 Å². The highest BCUT2D eigenvalue weighted by molar-refractivity contribution is 9.11. The predicted molar refractivity (Wildman–Crippen MR) is 79.5 cm³/mol. The van der Waals surface area contributed by atoms with Crippen LogP contribution >= 0.6 is 43.6 Å². The second kappa shape index (κ2) is 6.55. The number of benzene rings is 1. The van der Waals surface area contributed by atoms with Crippen molar-refractivity contribution < 1.29 is 14.6 Å². The number of tetrazole rings is 1. The first-order valence-electron chi connectivity index (χ1n) is 5.19. The van der Waals surface area contributed by atoms with Crippen LogP contribution in [0.4, 0.5) is 0 Å². The number of hydrogen-bond donors (Lipinski definition) is 1. The first-order chi connectivity index (χ1) is 9.52. The highest BCUT2D eigenvalue weighted by Gasteiger charge is 2.15. The van der Waals surface area contributed by atoms with Crippen LogP contribution in [0.5, 0.6) is 5.75 Å². The topological polar surface area (TPSA) is 90.1 Å². The normalized spacial score (nSPS) is 10.6. The molecule has 1 heterocycles. The van der Waals surface area contributed by atoms with Crippen molar-refractivity contribution in [2.24, 2.45) is 0 Å². The number of methoxy groups -OCH3 is 1. The molecule has 0 atom stereocenters. The molecular weight excluding hydrogens is 416 g/mol. The Morgan fingerprint density at radius 1 is 1.45 bits per heavy atom. The summed E-state index contributed by atoms with van der Waals surface area (Å²) in [5.74, 6) is -0.434. The first kappa shape index (κ1) is 15.3. The maximum atomic E-state index is 10.6. The second-order valence-electron chi connectivity index (χ2n) is 3.49. The number of thioether (sulfide) groups is 1. The van der Waals surface area contributed by atoms with Gasteiger partial charge >= 0.3 is 5.97 Å². The van der Waals surface area contributed by atoms with E-state index >= 15 is 0 Å². The molecule has 7 nitrogen and oxygen atoms in total. The van der Waals surface area contributed by atoms with Crippen LogP contribution in [0.3, 0.4) is 0 Å². The third-order valence-corrected chi connectivity index (χ3v) is 4.37. The molecule has 0 saturated carbocycles. The highest BCUT2D eigenvalue weighted by Crippen LogP contribution is 2.34.